The minimum absolute atomic E-state index is 0.145. The summed E-state index contributed by atoms with van der Waals surface area (Å²) in [5.74, 6) is 0.899. The van der Waals surface area contributed by atoms with E-state index in [0.717, 1.165) is 24.3 Å². The van der Waals surface area contributed by atoms with Gasteiger partial charge in [0.1, 0.15) is 12.4 Å². The summed E-state index contributed by atoms with van der Waals surface area (Å²) in [6.07, 6.45) is 1.31. The van der Waals surface area contributed by atoms with E-state index in [-0.39, 0.29) is 12.1 Å². The molecule has 1 aromatic carbocycles. The van der Waals surface area contributed by atoms with Crippen molar-refractivity contribution in [2.24, 2.45) is 0 Å². The van der Waals surface area contributed by atoms with Crippen LogP contribution in [0.3, 0.4) is 0 Å². The summed E-state index contributed by atoms with van der Waals surface area (Å²) >= 11 is 0. The van der Waals surface area contributed by atoms with E-state index >= 15 is 0 Å². The smallest absolute Gasteiger partial charge is 0.124 e. The molecule has 4 nitrogen and oxygen atoms in total. The van der Waals surface area contributed by atoms with Crippen molar-refractivity contribution in [2.45, 2.75) is 39.3 Å². The molecule has 0 saturated heterocycles. The Morgan fingerprint density at radius 3 is 2.57 bits per heavy atom. The summed E-state index contributed by atoms with van der Waals surface area (Å²) in [4.78, 5) is 0. The minimum Gasteiger partial charge on any atom is -0.491 e. The maximum Gasteiger partial charge on any atom is 0.124 e. The van der Waals surface area contributed by atoms with E-state index in [1.54, 1.807) is 7.11 Å². The summed E-state index contributed by atoms with van der Waals surface area (Å²) in [5.41, 5.74) is 1.14. The molecule has 0 bridgehead atoms. The molecule has 1 unspecified atom stereocenters. The first-order chi connectivity index (χ1) is 10.2. The average molecular weight is 295 g/mol. The van der Waals surface area contributed by atoms with E-state index in [0.29, 0.717) is 19.8 Å². The van der Waals surface area contributed by atoms with Gasteiger partial charge in [-0.2, -0.15) is 0 Å². The van der Waals surface area contributed by atoms with Crippen LogP contribution >= 0.6 is 0 Å². The SMILES string of the molecule is CCCNC(COC(C)C)c1ccccc1OCCOC. The van der Waals surface area contributed by atoms with Gasteiger partial charge in [0.25, 0.3) is 0 Å². The van der Waals surface area contributed by atoms with Crippen molar-refractivity contribution in [3.63, 3.8) is 0 Å². The average Bonchev–Trinajstić information content (AvgIpc) is 2.48. The molecule has 0 amide bonds. The van der Waals surface area contributed by atoms with Crippen molar-refractivity contribution in [1.82, 2.24) is 5.32 Å². The van der Waals surface area contributed by atoms with Crippen LogP contribution in [0.25, 0.3) is 0 Å². The fourth-order valence-corrected chi connectivity index (χ4v) is 2.00. The van der Waals surface area contributed by atoms with Gasteiger partial charge in [0.15, 0.2) is 0 Å². The van der Waals surface area contributed by atoms with E-state index < -0.39 is 0 Å². The summed E-state index contributed by atoms with van der Waals surface area (Å²) in [5, 5.41) is 3.54. The molecule has 21 heavy (non-hydrogen) atoms. The molecular weight excluding hydrogens is 266 g/mol. The van der Waals surface area contributed by atoms with Crippen molar-refractivity contribution < 1.29 is 14.2 Å². The van der Waals surface area contributed by atoms with Crippen LogP contribution in [0.2, 0.25) is 0 Å². The van der Waals surface area contributed by atoms with E-state index in [1.807, 2.05) is 18.2 Å². The Bertz CT molecular complexity index is 382. The van der Waals surface area contributed by atoms with Gasteiger partial charge in [-0.15, -0.1) is 0 Å². The van der Waals surface area contributed by atoms with Gasteiger partial charge in [-0.1, -0.05) is 25.1 Å². The summed E-state index contributed by atoms with van der Waals surface area (Å²) in [6.45, 7) is 9.01. The number of para-hydroxylation sites is 1. The van der Waals surface area contributed by atoms with Gasteiger partial charge in [0.05, 0.1) is 25.4 Å². The van der Waals surface area contributed by atoms with Gasteiger partial charge in [-0.05, 0) is 32.9 Å². The number of hydrogen-bond acceptors (Lipinski definition) is 4. The molecule has 1 rings (SSSR count). The monoisotopic (exact) mass is 295 g/mol. The van der Waals surface area contributed by atoms with Crippen molar-refractivity contribution in [3.8, 4) is 5.75 Å². The Labute approximate surface area is 128 Å². The number of methoxy groups -OCH3 is 1. The maximum absolute atomic E-state index is 5.82. The lowest BCUT2D eigenvalue weighted by atomic mass is 10.1. The Morgan fingerprint density at radius 1 is 1.14 bits per heavy atom. The largest absolute Gasteiger partial charge is 0.491 e. The zero-order valence-corrected chi connectivity index (χ0v) is 13.7. The Morgan fingerprint density at radius 2 is 1.90 bits per heavy atom. The third-order valence-electron chi connectivity index (χ3n) is 3.08. The number of nitrogens with one attached hydrogen (secondary N) is 1. The molecular formula is C17H29NO3. The summed E-state index contributed by atoms with van der Waals surface area (Å²) in [6, 6.07) is 8.27. The third kappa shape index (κ3) is 6.93. The summed E-state index contributed by atoms with van der Waals surface area (Å²) in [7, 11) is 1.68. The van der Waals surface area contributed by atoms with E-state index in [9.17, 15) is 0 Å². The van der Waals surface area contributed by atoms with Gasteiger partial charge in [-0.25, -0.2) is 0 Å². The molecule has 1 atom stereocenters. The molecule has 120 valence electrons. The molecule has 1 aromatic rings. The van der Waals surface area contributed by atoms with Gasteiger partial charge in [0, 0.05) is 12.7 Å². The van der Waals surface area contributed by atoms with Crippen LogP contribution in [0.15, 0.2) is 24.3 Å². The second kappa shape index (κ2) is 10.6. The van der Waals surface area contributed by atoms with Crippen LogP contribution in [0.4, 0.5) is 0 Å². The predicted molar refractivity (Wildman–Crippen MR) is 85.9 cm³/mol. The molecule has 1 N–H and O–H groups in total. The van der Waals surface area contributed by atoms with Crippen LogP contribution in [0.1, 0.15) is 38.8 Å². The molecule has 0 spiro atoms. The number of hydrogen-bond donors (Lipinski definition) is 1. The highest BCUT2D eigenvalue weighted by molar-refractivity contribution is 5.36. The van der Waals surface area contributed by atoms with Crippen LogP contribution in [-0.4, -0.2) is 39.6 Å². The first kappa shape index (κ1) is 18.0. The van der Waals surface area contributed by atoms with Gasteiger partial charge in [-0.3, -0.25) is 0 Å². The van der Waals surface area contributed by atoms with Crippen molar-refractivity contribution >= 4 is 0 Å². The number of rotatable bonds is 11. The Balaban J connectivity index is 2.78. The standard InChI is InChI=1S/C17H29NO3/c1-5-10-18-16(13-21-14(2)3)15-8-6-7-9-17(15)20-12-11-19-4/h6-9,14,16,18H,5,10-13H2,1-4H3. The van der Waals surface area contributed by atoms with Gasteiger partial charge < -0.3 is 19.5 Å². The van der Waals surface area contributed by atoms with Crippen molar-refractivity contribution in [3.05, 3.63) is 29.8 Å². The molecule has 0 aliphatic heterocycles. The lowest BCUT2D eigenvalue weighted by Gasteiger charge is -2.23. The zero-order chi connectivity index (χ0) is 15.5. The lowest BCUT2D eigenvalue weighted by Crippen LogP contribution is -2.28. The van der Waals surface area contributed by atoms with Gasteiger partial charge >= 0.3 is 0 Å². The van der Waals surface area contributed by atoms with Crippen LogP contribution in [0.5, 0.6) is 5.75 Å². The molecule has 0 saturated carbocycles. The second-order valence-electron chi connectivity index (χ2n) is 5.27. The van der Waals surface area contributed by atoms with Crippen LogP contribution in [0, 0.1) is 0 Å². The van der Waals surface area contributed by atoms with E-state index in [2.05, 4.69) is 32.2 Å². The number of ether oxygens (including phenoxy) is 3. The maximum atomic E-state index is 5.82. The zero-order valence-electron chi connectivity index (χ0n) is 13.7. The van der Waals surface area contributed by atoms with Crippen LogP contribution < -0.4 is 10.1 Å². The molecule has 0 aliphatic carbocycles. The fraction of sp³-hybridized carbons (Fsp3) is 0.647. The predicted octanol–water partition coefficient (Wildman–Crippen LogP) is 3.18. The highest BCUT2D eigenvalue weighted by Crippen LogP contribution is 2.25. The first-order valence-electron chi connectivity index (χ1n) is 7.74. The minimum atomic E-state index is 0.145. The Hall–Kier alpha value is -1.10. The molecule has 0 aliphatic rings. The van der Waals surface area contributed by atoms with Gasteiger partial charge in [0.2, 0.25) is 0 Å². The van der Waals surface area contributed by atoms with Crippen molar-refractivity contribution in [1.29, 1.82) is 0 Å². The van der Waals surface area contributed by atoms with Crippen molar-refractivity contribution in [2.75, 3.05) is 33.5 Å². The molecule has 4 heteroatoms. The summed E-state index contributed by atoms with van der Waals surface area (Å²) < 4.78 is 16.7. The highest BCUT2D eigenvalue weighted by Gasteiger charge is 2.16. The topological polar surface area (TPSA) is 39.7 Å². The molecule has 0 aromatic heterocycles. The quantitative estimate of drug-likeness (QED) is 0.637. The second-order valence-corrected chi connectivity index (χ2v) is 5.27. The van der Waals surface area contributed by atoms with Crippen LogP contribution in [-0.2, 0) is 9.47 Å². The molecule has 0 radical (unpaired) electrons. The normalized spacial score (nSPS) is 12.6. The fourth-order valence-electron chi connectivity index (χ4n) is 2.00. The number of benzene rings is 1. The highest BCUT2D eigenvalue weighted by atomic mass is 16.5. The van der Waals surface area contributed by atoms with E-state index in [4.69, 9.17) is 14.2 Å². The Kier molecular flexibility index (Phi) is 9.06. The van der Waals surface area contributed by atoms with E-state index in [1.165, 1.54) is 0 Å². The third-order valence-corrected chi connectivity index (χ3v) is 3.08. The molecule has 0 fully saturated rings. The first-order valence-corrected chi connectivity index (χ1v) is 7.74. The lowest BCUT2D eigenvalue weighted by molar-refractivity contribution is 0.0602. The molecule has 0 heterocycles.